The summed E-state index contributed by atoms with van der Waals surface area (Å²) in [7, 11) is 1.96. The number of likely N-dealkylation sites (N-methyl/N-ethyl adjacent to an activating group) is 1. The van der Waals surface area contributed by atoms with E-state index in [0.29, 0.717) is 17.7 Å². The number of carbonyl (C=O) groups is 2. The molecule has 0 bridgehead atoms. The van der Waals surface area contributed by atoms with Crippen LogP contribution in [0, 0.1) is 0 Å². The first kappa shape index (κ1) is 20.5. The first-order valence-electron chi connectivity index (χ1n) is 12.2. The zero-order valence-electron chi connectivity index (χ0n) is 19.5. The number of hydrogen-bond acceptors (Lipinski definition) is 3. The zero-order chi connectivity index (χ0) is 23.8. The van der Waals surface area contributed by atoms with Crippen LogP contribution in [0.3, 0.4) is 0 Å². The van der Waals surface area contributed by atoms with Gasteiger partial charge in [-0.25, -0.2) is 0 Å². The molecule has 170 valence electrons. The molecule has 1 saturated carbocycles. The molecule has 0 N–H and O–H groups in total. The van der Waals surface area contributed by atoms with Crippen molar-refractivity contribution in [3.8, 4) is 0 Å². The number of likely N-dealkylation sites (tertiary alicyclic amines) is 1. The molecule has 7 rings (SSSR count). The molecule has 3 nitrogen and oxygen atoms in total. The lowest BCUT2D eigenvalue weighted by Crippen LogP contribution is -2.60. The summed E-state index contributed by atoms with van der Waals surface area (Å²) in [4.78, 5) is 31.2. The molecule has 0 amide bonds. The normalized spacial score (nSPS) is 28.2. The second-order valence-corrected chi connectivity index (χ2v) is 10.1. The highest BCUT2D eigenvalue weighted by Gasteiger charge is 2.93. The molecule has 1 heterocycles. The van der Waals surface area contributed by atoms with Crippen LogP contribution in [-0.2, 0) is 10.8 Å². The highest BCUT2D eigenvalue weighted by atomic mass is 16.2. The summed E-state index contributed by atoms with van der Waals surface area (Å²) in [6, 6.07) is 38.6. The van der Waals surface area contributed by atoms with Crippen molar-refractivity contribution >= 4 is 11.6 Å². The molecule has 3 heteroatoms. The van der Waals surface area contributed by atoms with Crippen LogP contribution in [0.25, 0.3) is 0 Å². The molecular formula is C32H25NO2. The average Bonchev–Trinajstić information content (AvgIpc) is 3.36. The lowest BCUT2D eigenvalue weighted by molar-refractivity contribution is 0.0538. The fourth-order valence-electron chi connectivity index (χ4n) is 7.89. The van der Waals surface area contributed by atoms with Gasteiger partial charge in [0.2, 0.25) is 0 Å². The van der Waals surface area contributed by atoms with Gasteiger partial charge in [-0.3, -0.25) is 14.5 Å². The molecule has 3 atom stereocenters. The average molecular weight is 456 g/mol. The smallest absolute Gasteiger partial charge is 0.192 e. The number of benzene rings is 4. The number of nitrogens with zero attached hydrogens (tertiary/aromatic N) is 1. The summed E-state index contributed by atoms with van der Waals surface area (Å²) in [6.07, 6.45) is 0. The maximum absolute atomic E-state index is 14.5. The van der Waals surface area contributed by atoms with Gasteiger partial charge >= 0.3 is 0 Å². The van der Waals surface area contributed by atoms with Gasteiger partial charge in [-0.15, -0.1) is 0 Å². The number of rotatable bonds is 3. The molecule has 4 aromatic carbocycles. The Hall–Kier alpha value is -3.82. The van der Waals surface area contributed by atoms with E-state index in [2.05, 4.69) is 65.6 Å². The Morgan fingerprint density at radius 1 is 0.629 bits per heavy atom. The monoisotopic (exact) mass is 455 g/mol. The van der Waals surface area contributed by atoms with E-state index in [9.17, 15) is 9.59 Å². The van der Waals surface area contributed by atoms with Gasteiger partial charge in [-0.1, -0.05) is 115 Å². The second-order valence-electron chi connectivity index (χ2n) is 10.1. The van der Waals surface area contributed by atoms with Gasteiger partial charge in [-0.2, -0.15) is 0 Å². The number of Topliss-reactive ketones (excluding diaryl/α,β-unsaturated/α-hetero) is 2. The first-order valence-corrected chi connectivity index (χ1v) is 12.2. The van der Waals surface area contributed by atoms with Crippen LogP contribution < -0.4 is 0 Å². The van der Waals surface area contributed by atoms with Crippen molar-refractivity contribution in [3.63, 3.8) is 0 Å². The predicted octanol–water partition coefficient (Wildman–Crippen LogP) is 5.42. The molecular weight excluding hydrogens is 430 g/mol. The molecule has 3 aliphatic rings. The summed E-state index contributed by atoms with van der Waals surface area (Å²) in [6.45, 7) is 0.622. The van der Waals surface area contributed by atoms with E-state index in [-0.39, 0.29) is 17.5 Å². The summed E-state index contributed by atoms with van der Waals surface area (Å²) < 4.78 is 0. The Labute approximate surface area is 205 Å². The molecule has 0 radical (unpaired) electrons. The fraction of sp³-hybridized carbons (Fsp3) is 0.188. The fourth-order valence-corrected chi connectivity index (χ4v) is 7.89. The Kier molecular flexibility index (Phi) is 4.03. The second kappa shape index (κ2) is 6.87. The van der Waals surface area contributed by atoms with Gasteiger partial charge in [0.15, 0.2) is 17.1 Å². The highest BCUT2D eigenvalue weighted by Crippen LogP contribution is 2.84. The van der Waals surface area contributed by atoms with Crippen LogP contribution in [-0.4, -0.2) is 35.6 Å². The van der Waals surface area contributed by atoms with E-state index in [1.54, 1.807) is 0 Å². The Bertz CT molecular complexity index is 1450. The Morgan fingerprint density at radius 2 is 1.09 bits per heavy atom. The molecule has 0 aromatic heterocycles. The molecule has 1 aliphatic heterocycles. The Morgan fingerprint density at radius 3 is 1.63 bits per heavy atom. The summed E-state index contributed by atoms with van der Waals surface area (Å²) in [5.74, 6) is -0.152. The van der Waals surface area contributed by atoms with Crippen molar-refractivity contribution in [1.82, 2.24) is 4.90 Å². The SMILES string of the molecule is CN1C[C@]2(c3ccccc3)[C@H](c3ccccc3)[C@]2(c2ccccc2)C12C(=O)c1ccccc1C2=O. The van der Waals surface area contributed by atoms with Crippen LogP contribution in [0.5, 0.6) is 0 Å². The molecule has 1 spiro atoms. The lowest BCUT2D eigenvalue weighted by atomic mass is 9.68. The topological polar surface area (TPSA) is 37.4 Å². The van der Waals surface area contributed by atoms with Crippen molar-refractivity contribution < 1.29 is 9.59 Å². The summed E-state index contributed by atoms with van der Waals surface area (Å²) in [5, 5.41) is 0. The number of ketones is 2. The number of fused-ring (bicyclic) bond motifs is 3. The number of piperidine rings is 1. The van der Waals surface area contributed by atoms with Gasteiger partial charge < -0.3 is 0 Å². The first-order chi connectivity index (χ1) is 17.1. The largest absolute Gasteiger partial charge is 0.291 e. The number of hydrogen-bond donors (Lipinski definition) is 0. The number of carbonyl (C=O) groups excluding carboxylic acids is 2. The van der Waals surface area contributed by atoms with Crippen molar-refractivity contribution in [2.45, 2.75) is 22.3 Å². The quantitative estimate of drug-likeness (QED) is 0.387. The molecule has 2 aliphatic carbocycles. The van der Waals surface area contributed by atoms with Crippen LogP contribution >= 0.6 is 0 Å². The van der Waals surface area contributed by atoms with E-state index >= 15 is 0 Å². The minimum absolute atomic E-state index is 0.0144. The maximum Gasteiger partial charge on any atom is 0.192 e. The van der Waals surface area contributed by atoms with Gasteiger partial charge in [0.25, 0.3) is 0 Å². The molecule has 35 heavy (non-hydrogen) atoms. The summed E-state index contributed by atoms with van der Waals surface area (Å²) in [5.41, 5.74) is 2.04. The summed E-state index contributed by atoms with van der Waals surface area (Å²) >= 11 is 0. The minimum Gasteiger partial charge on any atom is -0.291 e. The van der Waals surface area contributed by atoms with E-state index in [1.165, 1.54) is 11.1 Å². The van der Waals surface area contributed by atoms with E-state index in [4.69, 9.17) is 0 Å². The minimum atomic E-state index is -1.30. The van der Waals surface area contributed by atoms with Gasteiger partial charge in [0.1, 0.15) is 0 Å². The zero-order valence-corrected chi connectivity index (χ0v) is 19.5. The molecule has 2 fully saturated rings. The third-order valence-electron chi connectivity index (χ3n) is 8.90. The maximum atomic E-state index is 14.5. The third-order valence-corrected chi connectivity index (χ3v) is 8.90. The predicted molar refractivity (Wildman–Crippen MR) is 136 cm³/mol. The third kappa shape index (κ3) is 2.13. The van der Waals surface area contributed by atoms with Crippen LogP contribution in [0.4, 0.5) is 0 Å². The van der Waals surface area contributed by atoms with Crippen LogP contribution in [0.1, 0.15) is 43.3 Å². The highest BCUT2D eigenvalue weighted by molar-refractivity contribution is 6.35. The van der Waals surface area contributed by atoms with Crippen LogP contribution in [0.15, 0.2) is 115 Å². The van der Waals surface area contributed by atoms with Gasteiger partial charge in [-0.05, 0) is 23.7 Å². The van der Waals surface area contributed by atoms with E-state index in [0.717, 1.165) is 5.56 Å². The Balaban J connectivity index is 1.62. The van der Waals surface area contributed by atoms with Crippen molar-refractivity contribution in [2.75, 3.05) is 13.6 Å². The molecule has 0 unspecified atom stereocenters. The van der Waals surface area contributed by atoms with Crippen molar-refractivity contribution in [3.05, 3.63) is 143 Å². The molecule has 1 saturated heterocycles. The standard InChI is InChI=1S/C32H25NO2/c1-33-21-30(23-15-7-3-8-16-23)27(22-13-5-2-6-14-22)31(30,24-17-9-4-10-18-24)32(33)28(34)25-19-11-12-20-26(25)29(32)35/h2-20,27H,21H2,1H3/t27-,30-,31-/m0/s1. The van der Waals surface area contributed by atoms with Crippen molar-refractivity contribution in [1.29, 1.82) is 0 Å². The van der Waals surface area contributed by atoms with Gasteiger partial charge in [0.05, 0.1) is 0 Å². The van der Waals surface area contributed by atoms with Crippen LogP contribution in [0.2, 0.25) is 0 Å². The lowest BCUT2D eigenvalue weighted by Gasteiger charge is -2.39. The van der Waals surface area contributed by atoms with E-state index in [1.807, 2.05) is 61.6 Å². The van der Waals surface area contributed by atoms with E-state index < -0.39 is 16.4 Å². The molecule has 4 aromatic rings. The van der Waals surface area contributed by atoms with Gasteiger partial charge in [0, 0.05) is 34.4 Å². The van der Waals surface area contributed by atoms with Crippen molar-refractivity contribution in [2.24, 2.45) is 0 Å².